The number of piperazine rings is 1. The first-order chi connectivity index (χ1) is 17.3. The Balaban J connectivity index is 1.70. The lowest BCUT2D eigenvalue weighted by atomic mass is 10.0. The van der Waals surface area contributed by atoms with Crippen LogP contribution in [-0.2, 0) is 0 Å². The summed E-state index contributed by atoms with van der Waals surface area (Å²) in [4.78, 5) is 4.84. The van der Waals surface area contributed by atoms with E-state index >= 15 is 0 Å². The Labute approximate surface area is 220 Å². The van der Waals surface area contributed by atoms with Crippen molar-refractivity contribution in [2.75, 3.05) is 45.9 Å². The molecule has 1 aliphatic rings. The maximum atomic E-state index is 9.56. The zero-order valence-electron chi connectivity index (χ0n) is 23.9. The molecule has 1 heterocycles. The number of nitrogens with zero attached hydrogens (tertiary/aromatic N) is 2. The predicted octanol–water partition coefficient (Wildman–Crippen LogP) is 7.56. The summed E-state index contributed by atoms with van der Waals surface area (Å²) in [6.45, 7) is 8.29. The van der Waals surface area contributed by atoms with E-state index in [9.17, 15) is 5.11 Å². The van der Waals surface area contributed by atoms with E-state index < -0.39 is 6.10 Å². The zero-order valence-corrected chi connectivity index (χ0v) is 23.9. The zero-order chi connectivity index (χ0) is 25.2. The molecular weight excluding hydrogens is 432 g/mol. The van der Waals surface area contributed by atoms with E-state index in [-0.39, 0.29) is 6.61 Å². The van der Waals surface area contributed by atoms with Gasteiger partial charge in [0.1, 0.15) is 0 Å². The first-order valence-corrected chi connectivity index (χ1v) is 16.0. The second-order valence-corrected chi connectivity index (χ2v) is 11.4. The molecule has 0 aromatic carbocycles. The summed E-state index contributed by atoms with van der Waals surface area (Å²) < 4.78 is 0. The van der Waals surface area contributed by atoms with Gasteiger partial charge in [-0.05, 0) is 13.0 Å². The van der Waals surface area contributed by atoms with Crippen molar-refractivity contribution >= 4 is 0 Å². The molecule has 0 aromatic heterocycles. The highest BCUT2D eigenvalue weighted by Crippen LogP contribution is 2.15. The number of rotatable bonds is 26. The van der Waals surface area contributed by atoms with Gasteiger partial charge in [-0.3, -0.25) is 4.90 Å². The fraction of sp³-hybridized carbons (Fsp3) is 1.00. The Hall–Kier alpha value is -0.160. The molecule has 0 spiro atoms. The van der Waals surface area contributed by atoms with E-state index in [1.807, 2.05) is 0 Å². The van der Waals surface area contributed by atoms with Crippen molar-refractivity contribution in [3.05, 3.63) is 0 Å². The minimum absolute atomic E-state index is 0.125. The number of hydrogen-bond acceptors (Lipinski definition) is 4. The number of hydrogen-bond donors (Lipinski definition) is 2. The van der Waals surface area contributed by atoms with Crippen molar-refractivity contribution in [2.45, 2.75) is 154 Å². The van der Waals surface area contributed by atoms with E-state index in [4.69, 9.17) is 5.11 Å². The average Bonchev–Trinajstić information content (AvgIpc) is 2.88. The van der Waals surface area contributed by atoms with Crippen LogP contribution in [0.1, 0.15) is 148 Å². The van der Waals surface area contributed by atoms with Gasteiger partial charge in [0.2, 0.25) is 0 Å². The second kappa shape index (κ2) is 25.5. The molecule has 1 atom stereocenters. The molecule has 0 saturated carbocycles. The smallest absolute Gasteiger partial charge is 0.0897 e. The lowest BCUT2D eigenvalue weighted by molar-refractivity contribution is 0.0393. The molecular formula is C31H64N2O2. The van der Waals surface area contributed by atoms with Crippen molar-refractivity contribution in [3.8, 4) is 0 Å². The van der Waals surface area contributed by atoms with Gasteiger partial charge in [0.25, 0.3) is 0 Å². The standard InChI is InChI=1S/C31H64N2O2/c1-2-3-4-5-6-7-8-9-10-11-12-13-14-15-16-17-18-19-20-21-22-23-24-32-25-27-33(28-26-32)29-31(35)30-34/h31,34-35H,2-30H2,1H3. The van der Waals surface area contributed by atoms with Crippen LogP contribution in [-0.4, -0.2) is 72.0 Å². The monoisotopic (exact) mass is 496 g/mol. The number of aliphatic hydroxyl groups is 2. The third kappa shape index (κ3) is 21.6. The lowest BCUT2D eigenvalue weighted by Crippen LogP contribution is -2.49. The summed E-state index contributed by atoms with van der Waals surface area (Å²) in [5.41, 5.74) is 0. The van der Waals surface area contributed by atoms with Crippen LogP contribution in [0.25, 0.3) is 0 Å². The molecule has 35 heavy (non-hydrogen) atoms. The summed E-state index contributed by atoms with van der Waals surface area (Å²) in [5, 5.41) is 18.5. The SMILES string of the molecule is CCCCCCCCCCCCCCCCCCCCCCCCN1CCN(CC(O)CO)CC1. The fourth-order valence-corrected chi connectivity index (χ4v) is 5.50. The van der Waals surface area contributed by atoms with Gasteiger partial charge in [-0.15, -0.1) is 0 Å². The van der Waals surface area contributed by atoms with E-state index in [1.54, 1.807) is 0 Å². The molecule has 210 valence electrons. The van der Waals surface area contributed by atoms with Crippen molar-refractivity contribution in [2.24, 2.45) is 0 Å². The Kier molecular flexibility index (Phi) is 23.9. The van der Waals surface area contributed by atoms with Gasteiger partial charge in [0.05, 0.1) is 12.7 Å². The predicted molar refractivity (Wildman–Crippen MR) is 153 cm³/mol. The van der Waals surface area contributed by atoms with Crippen LogP contribution in [0.4, 0.5) is 0 Å². The van der Waals surface area contributed by atoms with Crippen LogP contribution in [0.15, 0.2) is 0 Å². The third-order valence-corrected chi connectivity index (χ3v) is 7.97. The van der Waals surface area contributed by atoms with Crippen molar-refractivity contribution in [1.29, 1.82) is 0 Å². The van der Waals surface area contributed by atoms with E-state index in [2.05, 4.69) is 16.7 Å². The summed E-state index contributed by atoms with van der Waals surface area (Å²) in [6.07, 6.45) is 31.2. The van der Waals surface area contributed by atoms with Gasteiger partial charge >= 0.3 is 0 Å². The van der Waals surface area contributed by atoms with Crippen LogP contribution >= 0.6 is 0 Å². The molecule has 0 aromatic rings. The molecule has 4 heteroatoms. The quantitative estimate of drug-likeness (QED) is 0.121. The minimum atomic E-state index is -0.583. The Morgan fingerprint density at radius 2 is 0.800 bits per heavy atom. The maximum Gasteiger partial charge on any atom is 0.0897 e. The van der Waals surface area contributed by atoms with Crippen molar-refractivity contribution < 1.29 is 10.2 Å². The van der Waals surface area contributed by atoms with Gasteiger partial charge in [0, 0.05) is 32.7 Å². The van der Waals surface area contributed by atoms with Crippen molar-refractivity contribution in [3.63, 3.8) is 0 Å². The molecule has 1 unspecified atom stereocenters. The molecule has 1 fully saturated rings. The van der Waals surface area contributed by atoms with Gasteiger partial charge in [-0.2, -0.15) is 0 Å². The van der Waals surface area contributed by atoms with Gasteiger partial charge in [0.15, 0.2) is 0 Å². The molecule has 1 rings (SSSR count). The summed E-state index contributed by atoms with van der Waals surface area (Å²) in [5.74, 6) is 0. The van der Waals surface area contributed by atoms with Crippen molar-refractivity contribution in [1.82, 2.24) is 9.80 Å². The van der Waals surface area contributed by atoms with Crippen LogP contribution in [0, 0.1) is 0 Å². The molecule has 1 saturated heterocycles. The number of β-amino-alcohol motifs (C(OH)–C–C–N with tert-alkyl or cyclic N) is 1. The Bertz CT molecular complexity index is 413. The van der Waals surface area contributed by atoms with Crippen LogP contribution in [0.3, 0.4) is 0 Å². The fourth-order valence-electron chi connectivity index (χ4n) is 5.50. The first kappa shape index (κ1) is 32.9. The summed E-state index contributed by atoms with van der Waals surface area (Å²) in [7, 11) is 0. The topological polar surface area (TPSA) is 46.9 Å². The van der Waals surface area contributed by atoms with E-state index in [0.717, 1.165) is 26.2 Å². The highest BCUT2D eigenvalue weighted by atomic mass is 16.3. The molecule has 0 aliphatic carbocycles. The second-order valence-electron chi connectivity index (χ2n) is 11.4. The lowest BCUT2D eigenvalue weighted by Gasteiger charge is -2.35. The molecule has 0 radical (unpaired) electrons. The summed E-state index contributed by atoms with van der Waals surface area (Å²) in [6, 6.07) is 0. The first-order valence-electron chi connectivity index (χ1n) is 16.0. The van der Waals surface area contributed by atoms with Gasteiger partial charge in [-0.1, -0.05) is 142 Å². The van der Waals surface area contributed by atoms with Crippen LogP contribution in [0.5, 0.6) is 0 Å². The molecule has 0 amide bonds. The van der Waals surface area contributed by atoms with E-state index in [0.29, 0.717) is 6.54 Å². The minimum Gasteiger partial charge on any atom is -0.394 e. The van der Waals surface area contributed by atoms with Crippen LogP contribution < -0.4 is 0 Å². The van der Waals surface area contributed by atoms with Crippen LogP contribution in [0.2, 0.25) is 0 Å². The third-order valence-electron chi connectivity index (χ3n) is 7.97. The average molecular weight is 497 g/mol. The normalized spacial score (nSPS) is 16.2. The van der Waals surface area contributed by atoms with E-state index in [1.165, 1.54) is 148 Å². The van der Waals surface area contributed by atoms with Gasteiger partial charge in [-0.25, -0.2) is 0 Å². The largest absolute Gasteiger partial charge is 0.394 e. The molecule has 4 nitrogen and oxygen atoms in total. The Morgan fingerprint density at radius 3 is 1.14 bits per heavy atom. The highest BCUT2D eigenvalue weighted by molar-refractivity contribution is 4.74. The summed E-state index contributed by atoms with van der Waals surface area (Å²) >= 11 is 0. The molecule has 2 N–H and O–H groups in total. The maximum absolute atomic E-state index is 9.56. The Morgan fingerprint density at radius 1 is 0.486 bits per heavy atom. The molecule has 1 aliphatic heterocycles. The number of unbranched alkanes of at least 4 members (excludes halogenated alkanes) is 21. The highest BCUT2D eigenvalue weighted by Gasteiger charge is 2.18. The number of aliphatic hydroxyl groups excluding tert-OH is 2. The van der Waals surface area contributed by atoms with Gasteiger partial charge < -0.3 is 15.1 Å². The molecule has 0 bridgehead atoms.